The molecule has 2 rings (SSSR count). The Morgan fingerprint density at radius 1 is 0.808 bits per heavy atom. The molecule has 0 bridgehead atoms. The first-order valence-corrected chi connectivity index (χ1v) is 10.8. The van der Waals surface area contributed by atoms with E-state index in [1.54, 1.807) is 12.2 Å². The molecular formula is C22H36N2O2. The average molecular weight is 361 g/mol. The number of aliphatic imine (C=N–C) groups is 2. The molecule has 2 fully saturated rings. The van der Waals surface area contributed by atoms with E-state index in [9.17, 15) is 9.59 Å². The summed E-state index contributed by atoms with van der Waals surface area (Å²) in [5.74, 6) is 2.75. The van der Waals surface area contributed by atoms with Crippen LogP contribution in [-0.2, 0) is 9.59 Å². The summed E-state index contributed by atoms with van der Waals surface area (Å²) in [5, 5.41) is 0. The Morgan fingerprint density at radius 2 is 1.35 bits per heavy atom. The Labute approximate surface area is 159 Å². The maximum Gasteiger partial charge on any atom is 0.237 e. The second-order valence-electron chi connectivity index (χ2n) is 8.73. The fourth-order valence-corrected chi connectivity index (χ4v) is 5.30. The first-order chi connectivity index (χ1) is 12.6. The van der Waals surface area contributed by atoms with Crippen molar-refractivity contribution in [1.82, 2.24) is 0 Å². The van der Waals surface area contributed by atoms with Crippen molar-refractivity contribution in [3.05, 3.63) is 0 Å². The van der Waals surface area contributed by atoms with Gasteiger partial charge in [-0.25, -0.2) is 9.59 Å². The van der Waals surface area contributed by atoms with Crippen LogP contribution in [0, 0.1) is 23.7 Å². The van der Waals surface area contributed by atoms with Crippen molar-refractivity contribution in [2.75, 3.05) is 0 Å². The summed E-state index contributed by atoms with van der Waals surface area (Å²) in [7, 11) is 0. The zero-order valence-electron chi connectivity index (χ0n) is 16.7. The molecule has 2 saturated carbocycles. The molecule has 0 aromatic rings. The molecule has 0 N–H and O–H groups in total. The van der Waals surface area contributed by atoms with E-state index in [1.807, 2.05) is 0 Å². The van der Waals surface area contributed by atoms with Gasteiger partial charge in [-0.2, -0.15) is 9.98 Å². The molecule has 4 heteroatoms. The quantitative estimate of drug-likeness (QED) is 0.289. The number of isocyanates is 2. The fraction of sp³-hybridized carbons (Fsp3) is 0.909. The van der Waals surface area contributed by atoms with Gasteiger partial charge >= 0.3 is 0 Å². The van der Waals surface area contributed by atoms with Crippen LogP contribution < -0.4 is 0 Å². The average Bonchev–Trinajstić information content (AvgIpc) is 2.66. The Balaban J connectivity index is 1.98. The van der Waals surface area contributed by atoms with Gasteiger partial charge in [0.15, 0.2) is 5.66 Å². The van der Waals surface area contributed by atoms with E-state index in [0.717, 1.165) is 49.9 Å². The molecule has 0 saturated heterocycles. The van der Waals surface area contributed by atoms with Crippen LogP contribution in [0.15, 0.2) is 9.98 Å². The first-order valence-electron chi connectivity index (χ1n) is 10.8. The Bertz CT molecular complexity index is 486. The van der Waals surface area contributed by atoms with Crippen molar-refractivity contribution in [3.63, 3.8) is 0 Å². The summed E-state index contributed by atoms with van der Waals surface area (Å²) in [4.78, 5) is 30.3. The molecular weight excluding hydrogens is 324 g/mol. The summed E-state index contributed by atoms with van der Waals surface area (Å²) in [6, 6.07) is 0. The molecule has 0 radical (unpaired) electrons. The van der Waals surface area contributed by atoms with Gasteiger partial charge in [-0.05, 0) is 69.1 Å². The summed E-state index contributed by atoms with van der Waals surface area (Å²) in [6.45, 7) is 4.54. The number of hydrogen-bond donors (Lipinski definition) is 0. The molecule has 0 spiro atoms. The number of hydrogen-bond acceptors (Lipinski definition) is 4. The maximum absolute atomic E-state index is 11.1. The largest absolute Gasteiger partial charge is 0.237 e. The molecule has 26 heavy (non-hydrogen) atoms. The molecule has 0 atom stereocenters. The molecule has 2 aliphatic rings. The van der Waals surface area contributed by atoms with E-state index in [1.165, 1.54) is 44.9 Å². The van der Waals surface area contributed by atoms with Gasteiger partial charge in [0.1, 0.15) is 0 Å². The minimum Gasteiger partial charge on any atom is -0.211 e. The van der Waals surface area contributed by atoms with Gasteiger partial charge in [-0.15, -0.1) is 0 Å². The number of rotatable bonds is 9. The maximum atomic E-state index is 11.1. The topological polar surface area (TPSA) is 58.9 Å². The Morgan fingerprint density at radius 3 is 1.85 bits per heavy atom. The highest BCUT2D eigenvalue weighted by Gasteiger charge is 2.42. The zero-order chi connectivity index (χ0) is 18.8. The lowest BCUT2D eigenvalue weighted by Crippen LogP contribution is -2.38. The molecule has 0 aromatic carbocycles. The molecule has 0 aliphatic heterocycles. The molecule has 146 valence electrons. The van der Waals surface area contributed by atoms with Crippen molar-refractivity contribution < 1.29 is 9.59 Å². The second kappa shape index (κ2) is 10.8. The van der Waals surface area contributed by atoms with Crippen LogP contribution in [0.3, 0.4) is 0 Å². The van der Waals surface area contributed by atoms with E-state index in [4.69, 9.17) is 0 Å². The van der Waals surface area contributed by atoms with Gasteiger partial charge < -0.3 is 0 Å². The predicted octanol–water partition coefficient (Wildman–Crippen LogP) is 5.96. The first kappa shape index (κ1) is 21.1. The molecule has 0 aromatic heterocycles. The van der Waals surface area contributed by atoms with Crippen molar-refractivity contribution in [2.24, 2.45) is 33.7 Å². The lowest BCUT2D eigenvalue weighted by atomic mass is 9.67. The van der Waals surface area contributed by atoms with Gasteiger partial charge in [-0.3, -0.25) is 0 Å². The van der Waals surface area contributed by atoms with E-state index in [0.29, 0.717) is 6.42 Å². The summed E-state index contributed by atoms with van der Waals surface area (Å²) >= 11 is 0. The van der Waals surface area contributed by atoms with Crippen LogP contribution in [0.4, 0.5) is 0 Å². The third-order valence-electron chi connectivity index (χ3n) is 7.03. The van der Waals surface area contributed by atoms with Crippen LogP contribution in [0.1, 0.15) is 97.3 Å². The normalized spacial score (nSPS) is 31.3. The van der Waals surface area contributed by atoms with E-state index >= 15 is 0 Å². The van der Waals surface area contributed by atoms with Crippen LogP contribution in [0.25, 0.3) is 0 Å². The van der Waals surface area contributed by atoms with Crippen molar-refractivity contribution in [1.29, 1.82) is 0 Å². The van der Waals surface area contributed by atoms with Gasteiger partial charge in [0, 0.05) is 5.92 Å². The van der Waals surface area contributed by atoms with Crippen molar-refractivity contribution in [2.45, 2.75) is 103 Å². The van der Waals surface area contributed by atoms with Crippen LogP contribution in [-0.4, -0.2) is 17.8 Å². The Kier molecular flexibility index (Phi) is 8.75. The Hall–Kier alpha value is -1.24. The standard InChI is InChI=1S/C22H36N2O2/c1-3-4-5-6-15-22(23-16-25,24-17-26)21-13-11-20(12-14-21)19-9-7-18(2)8-10-19/h18-21H,3-15H2,1-2H3. The minimum absolute atomic E-state index is 0.186. The van der Waals surface area contributed by atoms with Gasteiger partial charge in [0.05, 0.1) is 0 Å². The summed E-state index contributed by atoms with van der Waals surface area (Å²) in [6.07, 6.45) is 18.4. The monoisotopic (exact) mass is 360 g/mol. The fourth-order valence-electron chi connectivity index (χ4n) is 5.30. The molecule has 0 heterocycles. The highest BCUT2D eigenvalue weighted by atomic mass is 16.1. The second-order valence-corrected chi connectivity index (χ2v) is 8.73. The van der Waals surface area contributed by atoms with E-state index < -0.39 is 5.66 Å². The van der Waals surface area contributed by atoms with Crippen LogP contribution in [0.2, 0.25) is 0 Å². The highest BCUT2D eigenvalue weighted by molar-refractivity contribution is 5.39. The van der Waals surface area contributed by atoms with Crippen LogP contribution >= 0.6 is 0 Å². The predicted molar refractivity (Wildman–Crippen MR) is 104 cm³/mol. The highest BCUT2D eigenvalue weighted by Crippen LogP contribution is 2.46. The SMILES string of the molecule is CCCCCCC(N=C=O)(N=C=O)C1CCC(C2CCC(C)CC2)CC1. The van der Waals surface area contributed by atoms with Gasteiger partial charge in [0.25, 0.3) is 0 Å². The zero-order valence-corrected chi connectivity index (χ0v) is 16.7. The third-order valence-corrected chi connectivity index (χ3v) is 7.03. The summed E-state index contributed by atoms with van der Waals surface area (Å²) in [5.41, 5.74) is -0.900. The lowest BCUT2D eigenvalue weighted by Gasteiger charge is -2.41. The number of unbranched alkanes of at least 4 members (excludes halogenated alkanes) is 3. The third kappa shape index (κ3) is 5.63. The van der Waals surface area contributed by atoms with Gasteiger partial charge in [-0.1, -0.05) is 46.0 Å². The summed E-state index contributed by atoms with van der Waals surface area (Å²) < 4.78 is 0. The van der Waals surface area contributed by atoms with Crippen LogP contribution in [0.5, 0.6) is 0 Å². The minimum atomic E-state index is -0.900. The number of carbonyl (C=O) groups excluding carboxylic acids is 2. The van der Waals surface area contributed by atoms with Crippen molar-refractivity contribution in [3.8, 4) is 0 Å². The van der Waals surface area contributed by atoms with E-state index in [2.05, 4.69) is 23.8 Å². The lowest BCUT2D eigenvalue weighted by molar-refractivity contribution is 0.114. The van der Waals surface area contributed by atoms with E-state index in [-0.39, 0.29) is 5.92 Å². The van der Waals surface area contributed by atoms with Crippen molar-refractivity contribution >= 4 is 12.2 Å². The number of nitrogens with zero attached hydrogens (tertiary/aromatic N) is 2. The molecule has 0 amide bonds. The molecule has 4 nitrogen and oxygen atoms in total. The van der Waals surface area contributed by atoms with Gasteiger partial charge in [0.2, 0.25) is 12.2 Å². The molecule has 2 aliphatic carbocycles. The molecule has 0 unspecified atom stereocenters. The smallest absolute Gasteiger partial charge is 0.211 e.